The van der Waals surface area contributed by atoms with Crippen molar-refractivity contribution in [1.82, 2.24) is 20.5 Å². The predicted molar refractivity (Wildman–Crippen MR) is 70.6 cm³/mol. The Morgan fingerprint density at radius 1 is 1.42 bits per heavy atom. The molecule has 0 spiro atoms. The molecule has 1 aliphatic rings. The van der Waals surface area contributed by atoms with Crippen molar-refractivity contribution in [2.75, 3.05) is 13.2 Å². The molecule has 0 saturated heterocycles. The first-order valence-electron chi connectivity index (χ1n) is 7.05. The van der Waals surface area contributed by atoms with E-state index in [1.165, 1.54) is 12.8 Å². The minimum Gasteiger partial charge on any atom is -0.396 e. The summed E-state index contributed by atoms with van der Waals surface area (Å²) in [6.07, 6.45) is 5.21. The quantitative estimate of drug-likeness (QED) is 0.738. The normalized spacial score (nSPS) is 23.3. The number of hydrogen-bond acceptors (Lipinski definition) is 4. The standard InChI is InChI=1S/C13H22N4O2/c1-2-11-15-12(17-16-11)13(19)14-7-9-5-3-4-6-10(9)8-18/h9-10,18H,2-8H2,1H3,(H,14,19)(H,15,16,17). The summed E-state index contributed by atoms with van der Waals surface area (Å²) in [5.74, 6) is 1.36. The number of aromatic nitrogens is 3. The van der Waals surface area contributed by atoms with Gasteiger partial charge in [-0.15, -0.1) is 5.10 Å². The number of H-pyrrole nitrogens is 1. The first-order valence-corrected chi connectivity index (χ1v) is 7.05. The molecule has 6 heteroatoms. The molecule has 1 amide bonds. The van der Waals surface area contributed by atoms with Crippen molar-refractivity contribution in [1.29, 1.82) is 0 Å². The molecule has 3 N–H and O–H groups in total. The molecule has 106 valence electrons. The van der Waals surface area contributed by atoms with Crippen molar-refractivity contribution < 1.29 is 9.90 Å². The van der Waals surface area contributed by atoms with E-state index < -0.39 is 0 Å². The SMILES string of the molecule is CCc1nc(C(=O)NCC2CCCCC2CO)n[nH]1. The van der Waals surface area contributed by atoms with E-state index >= 15 is 0 Å². The number of hydrogen-bond donors (Lipinski definition) is 3. The first-order chi connectivity index (χ1) is 9.24. The van der Waals surface area contributed by atoms with Crippen LogP contribution < -0.4 is 5.32 Å². The number of aryl methyl sites for hydroxylation is 1. The van der Waals surface area contributed by atoms with Gasteiger partial charge in [-0.2, -0.15) is 0 Å². The highest BCUT2D eigenvalue weighted by molar-refractivity contribution is 5.90. The van der Waals surface area contributed by atoms with Crippen molar-refractivity contribution in [3.8, 4) is 0 Å². The number of nitrogens with zero attached hydrogens (tertiary/aromatic N) is 2. The molecule has 2 rings (SSSR count). The Balaban J connectivity index is 1.85. The summed E-state index contributed by atoms with van der Waals surface area (Å²) in [7, 11) is 0. The maximum absolute atomic E-state index is 11.9. The molecule has 0 aliphatic heterocycles. The molecule has 2 unspecified atom stereocenters. The Morgan fingerprint density at radius 3 is 2.79 bits per heavy atom. The van der Waals surface area contributed by atoms with Crippen LogP contribution in [0.4, 0.5) is 0 Å². The van der Waals surface area contributed by atoms with Gasteiger partial charge in [0.1, 0.15) is 5.82 Å². The van der Waals surface area contributed by atoms with Gasteiger partial charge in [0.2, 0.25) is 5.82 Å². The van der Waals surface area contributed by atoms with Gasteiger partial charge in [0.05, 0.1) is 0 Å². The van der Waals surface area contributed by atoms with E-state index in [1.807, 2.05) is 6.92 Å². The lowest BCUT2D eigenvalue weighted by atomic mass is 9.79. The van der Waals surface area contributed by atoms with Crippen molar-refractivity contribution in [2.45, 2.75) is 39.0 Å². The molecule has 19 heavy (non-hydrogen) atoms. The highest BCUT2D eigenvalue weighted by atomic mass is 16.3. The second-order valence-corrected chi connectivity index (χ2v) is 5.16. The summed E-state index contributed by atoms with van der Waals surface area (Å²) in [5, 5.41) is 18.8. The molecule has 1 heterocycles. The molecule has 6 nitrogen and oxygen atoms in total. The molecule has 0 bridgehead atoms. The van der Waals surface area contributed by atoms with Crippen molar-refractivity contribution in [3.05, 3.63) is 11.6 Å². The van der Waals surface area contributed by atoms with Crippen LogP contribution in [0.3, 0.4) is 0 Å². The molecular weight excluding hydrogens is 244 g/mol. The van der Waals surface area contributed by atoms with Crippen LogP contribution in [0.15, 0.2) is 0 Å². The van der Waals surface area contributed by atoms with Gasteiger partial charge >= 0.3 is 0 Å². The Labute approximate surface area is 113 Å². The smallest absolute Gasteiger partial charge is 0.290 e. The maximum atomic E-state index is 11.9. The van der Waals surface area contributed by atoms with Crippen LogP contribution in [0.5, 0.6) is 0 Å². The highest BCUT2D eigenvalue weighted by Crippen LogP contribution is 2.29. The number of aliphatic hydroxyl groups excluding tert-OH is 1. The predicted octanol–water partition coefficient (Wildman–Crippen LogP) is 0.896. The Hall–Kier alpha value is -1.43. The van der Waals surface area contributed by atoms with Gasteiger partial charge in [0.25, 0.3) is 5.91 Å². The van der Waals surface area contributed by atoms with Crippen molar-refractivity contribution in [3.63, 3.8) is 0 Å². The number of carbonyl (C=O) groups is 1. The third-order valence-electron chi connectivity index (χ3n) is 3.90. The third-order valence-corrected chi connectivity index (χ3v) is 3.90. The topological polar surface area (TPSA) is 90.9 Å². The summed E-state index contributed by atoms with van der Waals surface area (Å²) in [4.78, 5) is 16.0. The summed E-state index contributed by atoms with van der Waals surface area (Å²) in [6, 6.07) is 0. The molecule has 1 aromatic rings. The molecule has 1 aliphatic carbocycles. The lowest BCUT2D eigenvalue weighted by Crippen LogP contribution is -2.35. The Kier molecular flexibility index (Phi) is 4.90. The van der Waals surface area contributed by atoms with E-state index in [9.17, 15) is 9.90 Å². The molecule has 0 radical (unpaired) electrons. The monoisotopic (exact) mass is 266 g/mol. The van der Waals surface area contributed by atoms with Crippen LogP contribution in [-0.4, -0.2) is 39.3 Å². The molecule has 1 aromatic heterocycles. The second kappa shape index (κ2) is 6.65. The van der Waals surface area contributed by atoms with Crippen LogP contribution in [0.2, 0.25) is 0 Å². The number of aliphatic hydroxyl groups is 1. The Morgan fingerprint density at radius 2 is 2.16 bits per heavy atom. The summed E-state index contributed by atoms with van der Waals surface area (Å²) in [6.45, 7) is 2.76. The van der Waals surface area contributed by atoms with Crippen molar-refractivity contribution >= 4 is 5.91 Å². The zero-order valence-electron chi connectivity index (χ0n) is 11.4. The van der Waals surface area contributed by atoms with Gasteiger partial charge in [0.15, 0.2) is 0 Å². The summed E-state index contributed by atoms with van der Waals surface area (Å²) in [5.41, 5.74) is 0. The fourth-order valence-corrected chi connectivity index (χ4v) is 2.65. The van der Waals surface area contributed by atoms with E-state index in [2.05, 4.69) is 20.5 Å². The number of nitrogens with one attached hydrogen (secondary N) is 2. The largest absolute Gasteiger partial charge is 0.396 e. The molecule has 0 aromatic carbocycles. The van der Waals surface area contributed by atoms with Crippen LogP contribution in [-0.2, 0) is 6.42 Å². The van der Waals surface area contributed by atoms with Gasteiger partial charge < -0.3 is 10.4 Å². The Bertz CT molecular complexity index is 419. The second-order valence-electron chi connectivity index (χ2n) is 5.16. The molecule has 2 atom stereocenters. The highest BCUT2D eigenvalue weighted by Gasteiger charge is 2.25. The number of amides is 1. The van der Waals surface area contributed by atoms with Crippen LogP contribution in [0, 0.1) is 11.8 Å². The fraction of sp³-hybridized carbons (Fsp3) is 0.769. The molecular formula is C13H22N4O2. The first kappa shape index (κ1) is 14.0. The van der Waals surface area contributed by atoms with Gasteiger partial charge in [-0.1, -0.05) is 19.8 Å². The average Bonchev–Trinajstić information content (AvgIpc) is 2.94. The zero-order valence-corrected chi connectivity index (χ0v) is 11.4. The number of aromatic amines is 1. The number of rotatable bonds is 5. The van der Waals surface area contributed by atoms with E-state index in [0.29, 0.717) is 18.4 Å². The summed E-state index contributed by atoms with van der Waals surface area (Å²) < 4.78 is 0. The minimum absolute atomic E-state index is 0.202. The summed E-state index contributed by atoms with van der Waals surface area (Å²) >= 11 is 0. The average molecular weight is 266 g/mol. The molecule has 1 fully saturated rings. The van der Waals surface area contributed by atoms with E-state index in [4.69, 9.17) is 0 Å². The van der Waals surface area contributed by atoms with Gasteiger partial charge in [-0.05, 0) is 24.7 Å². The van der Waals surface area contributed by atoms with E-state index in [-0.39, 0.29) is 18.3 Å². The van der Waals surface area contributed by atoms with Crippen LogP contribution in [0.25, 0.3) is 0 Å². The van der Waals surface area contributed by atoms with Crippen LogP contribution in [0.1, 0.15) is 49.1 Å². The lowest BCUT2D eigenvalue weighted by molar-refractivity contribution is 0.0899. The zero-order chi connectivity index (χ0) is 13.7. The van der Waals surface area contributed by atoms with E-state index in [0.717, 1.165) is 25.1 Å². The van der Waals surface area contributed by atoms with E-state index in [1.54, 1.807) is 0 Å². The lowest BCUT2D eigenvalue weighted by Gasteiger charge is -2.30. The van der Waals surface area contributed by atoms with Gasteiger partial charge in [-0.25, -0.2) is 4.98 Å². The maximum Gasteiger partial charge on any atom is 0.290 e. The molecule has 1 saturated carbocycles. The van der Waals surface area contributed by atoms with Gasteiger partial charge in [0, 0.05) is 19.6 Å². The fourth-order valence-electron chi connectivity index (χ4n) is 2.65. The third kappa shape index (κ3) is 3.53. The minimum atomic E-state index is -0.238. The van der Waals surface area contributed by atoms with Crippen LogP contribution >= 0.6 is 0 Å². The number of carbonyl (C=O) groups excluding carboxylic acids is 1. The van der Waals surface area contributed by atoms with Crippen molar-refractivity contribution in [2.24, 2.45) is 11.8 Å². The van der Waals surface area contributed by atoms with Gasteiger partial charge in [-0.3, -0.25) is 9.89 Å².